The van der Waals surface area contributed by atoms with Gasteiger partial charge in [-0.1, -0.05) is 18.5 Å². The maximum absolute atomic E-state index is 9.88. The van der Waals surface area contributed by atoms with Gasteiger partial charge in [0.2, 0.25) is 0 Å². The number of nitrogens with two attached hydrogens (primary N) is 1. The Bertz CT molecular complexity index is 1320. The van der Waals surface area contributed by atoms with Gasteiger partial charge in [-0.15, -0.1) is 0 Å². The molecule has 8 heteroatoms. The van der Waals surface area contributed by atoms with Crippen molar-refractivity contribution in [3.05, 3.63) is 46.7 Å². The molecule has 0 bridgehead atoms. The first-order valence-electron chi connectivity index (χ1n) is 9.64. The first-order valence-corrected chi connectivity index (χ1v) is 10.0. The van der Waals surface area contributed by atoms with E-state index in [0.717, 1.165) is 22.0 Å². The lowest BCUT2D eigenvalue weighted by Gasteiger charge is -2.16. The molecule has 7 nitrogen and oxygen atoms in total. The molecule has 4 rings (SSSR count). The van der Waals surface area contributed by atoms with E-state index in [0.29, 0.717) is 51.9 Å². The molecule has 0 radical (unpaired) electrons. The zero-order valence-electron chi connectivity index (χ0n) is 17.0. The summed E-state index contributed by atoms with van der Waals surface area (Å²) in [7, 11) is 1.84. The van der Waals surface area contributed by atoms with Crippen molar-refractivity contribution >= 4 is 50.5 Å². The number of aromatic nitrogens is 3. The van der Waals surface area contributed by atoms with Gasteiger partial charge in [0.15, 0.2) is 0 Å². The fourth-order valence-corrected chi connectivity index (χ4v) is 3.98. The third kappa shape index (κ3) is 3.25. The second-order valence-electron chi connectivity index (χ2n) is 6.90. The SMILES string of the molecule is CCOc1cc2nc(CC)c(C#N)c(Nc3cc(Cl)c4c(cnn4C)c3)c2cc1N. The van der Waals surface area contributed by atoms with Crippen molar-refractivity contribution < 1.29 is 4.74 Å². The predicted octanol–water partition coefficient (Wildman–Crippen LogP) is 4.93. The molecule has 0 spiro atoms. The van der Waals surface area contributed by atoms with Gasteiger partial charge in [0.05, 0.1) is 51.5 Å². The number of nitrogen functional groups attached to an aromatic ring is 1. The third-order valence-electron chi connectivity index (χ3n) is 4.99. The highest BCUT2D eigenvalue weighted by Crippen LogP contribution is 2.37. The molecule has 0 aliphatic heterocycles. The molecule has 0 aliphatic rings. The van der Waals surface area contributed by atoms with Crippen molar-refractivity contribution in [3.63, 3.8) is 0 Å². The molecule has 30 heavy (non-hydrogen) atoms. The second kappa shape index (κ2) is 7.73. The summed E-state index contributed by atoms with van der Waals surface area (Å²) >= 11 is 6.49. The minimum atomic E-state index is 0.482. The van der Waals surface area contributed by atoms with E-state index in [9.17, 15) is 5.26 Å². The fraction of sp³-hybridized carbons (Fsp3) is 0.227. The third-order valence-corrected chi connectivity index (χ3v) is 5.28. The highest BCUT2D eigenvalue weighted by atomic mass is 35.5. The van der Waals surface area contributed by atoms with Crippen LogP contribution in [0.1, 0.15) is 25.1 Å². The lowest BCUT2D eigenvalue weighted by atomic mass is 10.0. The van der Waals surface area contributed by atoms with Gasteiger partial charge in [-0.2, -0.15) is 10.4 Å². The normalized spacial score (nSPS) is 11.0. The highest BCUT2D eigenvalue weighted by Gasteiger charge is 2.17. The molecule has 0 amide bonds. The van der Waals surface area contributed by atoms with Crippen LogP contribution in [0.5, 0.6) is 5.75 Å². The van der Waals surface area contributed by atoms with Crippen LogP contribution in [0.15, 0.2) is 30.5 Å². The average Bonchev–Trinajstić information content (AvgIpc) is 3.10. The smallest absolute Gasteiger partial charge is 0.144 e. The molecule has 2 heterocycles. The van der Waals surface area contributed by atoms with Crippen LogP contribution < -0.4 is 15.8 Å². The Labute approximate surface area is 179 Å². The number of hydrogen-bond donors (Lipinski definition) is 2. The Morgan fingerprint density at radius 3 is 2.77 bits per heavy atom. The van der Waals surface area contributed by atoms with Gasteiger partial charge in [-0.25, -0.2) is 0 Å². The standard InChI is InChI=1S/C22H21ClN6O/c1-4-18-15(10-24)21(14-8-17(25)20(30-5-2)9-19(14)28-18)27-13-6-12-11-26-29(3)22(12)16(23)7-13/h6-9,11H,4-5,25H2,1-3H3,(H,27,28). The number of nitriles is 1. The molecule has 152 valence electrons. The van der Waals surface area contributed by atoms with Crippen molar-refractivity contribution in [2.75, 3.05) is 17.7 Å². The maximum atomic E-state index is 9.88. The summed E-state index contributed by atoms with van der Waals surface area (Å²) in [5.74, 6) is 0.579. The monoisotopic (exact) mass is 420 g/mol. The zero-order valence-corrected chi connectivity index (χ0v) is 17.7. The number of pyridine rings is 1. The first-order chi connectivity index (χ1) is 14.5. The number of hydrogen-bond acceptors (Lipinski definition) is 6. The van der Waals surface area contributed by atoms with E-state index in [-0.39, 0.29) is 0 Å². The van der Waals surface area contributed by atoms with Gasteiger partial charge in [-0.3, -0.25) is 9.67 Å². The predicted molar refractivity (Wildman–Crippen MR) is 120 cm³/mol. The Morgan fingerprint density at radius 1 is 1.27 bits per heavy atom. The van der Waals surface area contributed by atoms with Crippen LogP contribution in [0.2, 0.25) is 5.02 Å². The number of rotatable bonds is 5. The number of fused-ring (bicyclic) bond motifs is 2. The Hall–Kier alpha value is -3.50. The van der Waals surface area contributed by atoms with Crippen LogP contribution in [0.4, 0.5) is 17.1 Å². The van der Waals surface area contributed by atoms with E-state index >= 15 is 0 Å². The van der Waals surface area contributed by atoms with Gasteiger partial charge in [0, 0.05) is 29.6 Å². The van der Waals surface area contributed by atoms with E-state index in [2.05, 4.69) is 21.5 Å². The summed E-state index contributed by atoms with van der Waals surface area (Å²) < 4.78 is 7.35. The van der Waals surface area contributed by atoms with Crippen molar-refractivity contribution in [3.8, 4) is 11.8 Å². The minimum Gasteiger partial charge on any atom is -0.492 e. The van der Waals surface area contributed by atoms with Crippen LogP contribution in [0, 0.1) is 11.3 Å². The van der Waals surface area contributed by atoms with Gasteiger partial charge >= 0.3 is 0 Å². The van der Waals surface area contributed by atoms with Crippen LogP contribution in [0.3, 0.4) is 0 Å². The van der Waals surface area contributed by atoms with Crippen LogP contribution >= 0.6 is 11.6 Å². The van der Waals surface area contributed by atoms with E-state index in [1.807, 2.05) is 39.1 Å². The van der Waals surface area contributed by atoms with Gasteiger partial charge < -0.3 is 15.8 Å². The Kier molecular flexibility index (Phi) is 5.10. The van der Waals surface area contributed by atoms with Crippen molar-refractivity contribution in [2.45, 2.75) is 20.3 Å². The first kappa shape index (κ1) is 19.8. The molecule has 2 aromatic heterocycles. The number of ether oxygens (including phenoxy) is 1. The zero-order chi connectivity index (χ0) is 21.4. The van der Waals surface area contributed by atoms with Crippen molar-refractivity contribution in [1.29, 1.82) is 5.26 Å². The van der Waals surface area contributed by atoms with E-state index in [1.165, 1.54) is 0 Å². The molecule has 3 N–H and O–H groups in total. The van der Waals surface area contributed by atoms with Crippen molar-refractivity contribution in [2.24, 2.45) is 7.05 Å². The Morgan fingerprint density at radius 2 is 2.07 bits per heavy atom. The van der Waals surface area contributed by atoms with Crippen LogP contribution in [-0.4, -0.2) is 21.4 Å². The largest absolute Gasteiger partial charge is 0.492 e. The lowest BCUT2D eigenvalue weighted by molar-refractivity contribution is 0.342. The molecule has 0 fully saturated rings. The summed E-state index contributed by atoms with van der Waals surface area (Å²) in [5.41, 5.74) is 10.8. The van der Waals surface area contributed by atoms with Crippen LogP contribution in [0.25, 0.3) is 21.8 Å². The molecule has 0 saturated carbocycles. The quantitative estimate of drug-likeness (QED) is 0.443. The Balaban J connectivity index is 1.94. The maximum Gasteiger partial charge on any atom is 0.144 e. The molecule has 0 atom stereocenters. The van der Waals surface area contributed by atoms with Crippen molar-refractivity contribution in [1.82, 2.24) is 14.8 Å². The molecular weight excluding hydrogens is 400 g/mol. The molecule has 2 aromatic carbocycles. The average molecular weight is 421 g/mol. The van der Waals surface area contributed by atoms with Gasteiger partial charge in [0.1, 0.15) is 11.8 Å². The lowest BCUT2D eigenvalue weighted by Crippen LogP contribution is -2.04. The number of nitrogens with one attached hydrogen (secondary N) is 1. The van der Waals surface area contributed by atoms with Gasteiger partial charge in [0.25, 0.3) is 0 Å². The number of benzene rings is 2. The number of aryl methyl sites for hydroxylation is 2. The van der Waals surface area contributed by atoms with E-state index in [4.69, 9.17) is 22.1 Å². The highest BCUT2D eigenvalue weighted by molar-refractivity contribution is 6.35. The number of halogens is 1. The summed E-state index contributed by atoms with van der Waals surface area (Å²) in [6.45, 7) is 4.37. The van der Waals surface area contributed by atoms with E-state index in [1.54, 1.807) is 16.9 Å². The molecule has 0 aliphatic carbocycles. The van der Waals surface area contributed by atoms with E-state index < -0.39 is 0 Å². The second-order valence-corrected chi connectivity index (χ2v) is 7.31. The molecule has 4 aromatic rings. The number of anilines is 3. The fourth-order valence-electron chi connectivity index (χ4n) is 3.63. The minimum absolute atomic E-state index is 0.482. The summed E-state index contributed by atoms with van der Waals surface area (Å²) in [4.78, 5) is 4.68. The number of nitrogens with zero attached hydrogens (tertiary/aromatic N) is 4. The summed E-state index contributed by atoms with van der Waals surface area (Å²) in [5, 5.41) is 19.7. The molecule has 0 unspecified atom stereocenters. The molecule has 0 saturated heterocycles. The summed E-state index contributed by atoms with van der Waals surface area (Å²) in [6.07, 6.45) is 2.37. The topological polar surface area (TPSA) is 102 Å². The van der Waals surface area contributed by atoms with Gasteiger partial charge in [-0.05, 0) is 31.5 Å². The molecular formula is C22H21ClN6O. The van der Waals surface area contributed by atoms with Crippen LogP contribution in [-0.2, 0) is 13.5 Å². The summed E-state index contributed by atoms with van der Waals surface area (Å²) in [6, 6.07) is 9.68.